The summed E-state index contributed by atoms with van der Waals surface area (Å²) in [5, 5.41) is 13.2. The highest BCUT2D eigenvalue weighted by Gasteiger charge is 2.20. The van der Waals surface area contributed by atoms with Crippen LogP contribution in [0.3, 0.4) is 0 Å². The van der Waals surface area contributed by atoms with E-state index in [0.717, 1.165) is 29.5 Å². The van der Waals surface area contributed by atoms with E-state index in [1.165, 1.54) is 0 Å². The van der Waals surface area contributed by atoms with Gasteiger partial charge < -0.3 is 10.1 Å². The molecule has 2 aromatic rings. The summed E-state index contributed by atoms with van der Waals surface area (Å²) in [5.41, 5.74) is 0.455. The minimum Gasteiger partial charge on any atom is -0.494 e. The molecule has 0 aliphatic rings. The van der Waals surface area contributed by atoms with Crippen LogP contribution in [0, 0.1) is 11.3 Å². The van der Waals surface area contributed by atoms with Crippen LogP contribution in [-0.2, 0) is 0 Å². The van der Waals surface area contributed by atoms with Gasteiger partial charge >= 0.3 is 0 Å². The fraction of sp³-hybridized carbons (Fsp3) is 0.375. The molecule has 2 rings (SSSR count). The van der Waals surface area contributed by atoms with E-state index in [2.05, 4.69) is 16.4 Å². The van der Waals surface area contributed by atoms with Crippen LogP contribution in [0.2, 0.25) is 0 Å². The molecule has 1 heterocycles. The van der Waals surface area contributed by atoms with E-state index >= 15 is 0 Å². The second kappa shape index (κ2) is 6.36. The number of hydrogen-bond acceptors (Lipinski definition) is 4. The summed E-state index contributed by atoms with van der Waals surface area (Å²) in [4.78, 5) is 4.30. The van der Waals surface area contributed by atoms with Crippen molar-refractivity contribution in [2.24, 2.45) is 0 Å². The first-order valence-corrected chi connectivity index (χ1v) is 6.75. The molecule has 4 heteroatoms. The molecule has 1 aromatic heterocycles. The van der Waals surface area contributed by atoms with Gasteiger partial charge in [0.2, 0.25) is 0 Å². The van der Waals surface area contributed by atoms with Crippen molar-refractivity contribution in [3.8, 4) is 11.8 Å². The molecule has 0 saturated carbocycles. The van der Waals surface area contributed by atoms with Crippen molar-refractivity contribution >= 4 is 10.9 Å². The van der Waals surface area contributed by atoms with Crippen LogP contribution in [-0.4, -0.2) is 24.2 Å². The Balaban J connectivity index is 1.89. The summed E-state index contributed by atoms with van der Waals surface area (Å²) in [6, 6.07) is 12.1. The molecule has 0 bridgehead atoms. The number of rotatable bonds is 6. The van der Waals surface area contributed by atoms with Crippen molar-refractivity contribution in [1.82, 2.24) is 10.3 Å². The number of fused-ring (bicyclic) bond motifs is 1. The third-order valence-electron chi connectivity index (χ3n) is 3.47. The summed E-state index contributed by atoms with van der Waals surface area (Å²) in [5.74, 6) is 0.819. The van der Waals surface area contributed by atoms with E-state index in [0.29, 0.717) is 6.61 Å². The van der Waals surface area contributed by atoms with Gasteiger partial charge in [0.1, 0.15) is 11.3 Å². The summed E-state index contributed by atoms with van der Waals surface area (Å²) in [7, 11) is 1.80. The Morgan fingerprint density at radius 1 is 1.40 bits per heavy atom. The largest absolute Gasteiger partial charge is 0.494 e. The first-order valence-electron chi connectivity index (χ1n) is 6.75. The number of benzene rings is 1. The number of aromatic nitrogens is 1. The van der Waals surface area contributed by atoms with Crippen molar-refractivity contribution in [3.05, 3.63) is 36.5 Å². The van der Waals surface area contributed by atoms with E-state index in [1.807, 2.05) is 37.3 Å². The lowest BCUT2D eigenvalue weighted by Crippen LogP contribution is -2.38. The van der Waals surface area contributed by atoms with Gasteiger partial charge in [-0.15, -0.1) is 0 Å². The van der Waals surface area contributed by atoms with Gasteiger partial charge in [-0.2, -0.15) is 5.26 Å². The van der Waals surface area contributed by atoms with Crippen molar-refractivity contribution in [1.29, 1.82) is 5.26 Å². The van der Waals surface area contributed by atoms with Gasteiger partial charge in [-0.25, -0.2) is 0 Å². The molecule has 104 valence electrons. The molecule has 20 heavy (non-hydrogen) atoms. The van der Waals surface area contributed by atoms with Gasteiger partial charge in [0.05, 0.1) is 18.2 Å². The Bertz CT molecular complexity index is 620. The fourth-order valence-electron chi connectivity index (χ4n) is 1.99. The summed E-state index contributed by atoms with van der Waals surface area (Å²) in [6.45, 7) is 2.49. The summed E-state index contributed by atoms with van der Waals surface area (Å²) < 4.78 is 5.72. The number of nitriles is 1. The van der Waals surface area contributed by atoms with Crippen LogP contribution >= 0.6 is 0 Å². The monoisotopic (exact) mass is 269 g/mol. The summed E-state index contributed by atoms with van der Waals surface area (Å²) in [6.07, 6.45) is 3.36. The van der Waals surface area contributed by atoms with E-state index in [-0.39, 0.29) is 0 Å². The molecule has 0 radical (unpaired) electrons. The van der Waals surface area contributed by atoms with Crippen LogP contribution < -0.4 is 10.1 Å². The average Bonchev–Trinajstić information content (AvgIpc) is 2.51. The van der Waals surface area contributed by atoms with Crippen LogP contribution in [0.1, 0.15) is 19.8 Å². The second-order valence-corrected chi connectivity index (χ2v) is 5.00. The van der Waals surface area contributed by atoms with Crippen molar-refractivity contribution in [2.75, 3.05) is 13.7 Å². The number of nitrogens with zero attached hydrogens (tertiary/aromatic N) is 2. The molecule has 0 saturated heterocycles. The van der Waals surface area contributed by atoms with Crippen molar-refractivity contribution in [2.45, 2.75) is 25.3 Å². The van der Waals surface area contributed by atoms with Crippen LogP contribution in [0.4, 0.5) is 0 Å². The molecule has 0 fully saturated rings. The second-order valence-electron chi connectivity index (χ2n) is 5.00. The molecule has 1 N–H and O–H groups in total. The predicted molar refractivity (Wildman–Crippen MR) is 79.5 cm³/mol. The summed E-state index contributed by atoms with van der Waals surface area (Å²) >= 11 is 0. The first kappa shape index (κ1) is 14.3. The molecule has 1 aromatic carbocycles. The molecular formula is C16H19N3O. The zero-order valence-electron chi connectivity index (χ0n) is 11.9. The molecule has 4 nitrogen and oxygen atoms in total. The number of ether oxygens (including phenoxy) is 1. The Morgan fingerprint density at radius 3 is 3.00 bits per heavy atom. The molecular weight excluding hydrogens is 250 g/mol. The lowest BCUT2D eigenvalue weighted by Gasteiger charge is -2.20. The molecule has 0 aliphatic heterocycles. The number of hydrogen-bond donors (Lipinski definition) is 1. The smallest absolute Gasteiger partial charge is 0.121 e. The average molecular weight is 269 g/mol. The highest BCUT2D eigenvalue weighted by atomic mass is 16.5. The maximum atomic E-state index is 9.06. The van der Waals surface area contributed by atoms with E-state index < -0.39 is 5.54 Å². The van der Waals surface area contributed by atoms with Gasteiger partial charge in [0.15, 0.2) is 0 Å². The minimum atomic E-state index is -0.478. The molecule has 0 aliphatic carbocycles. The Labute approximate surface area is 119 Å². The first-order chi connectivity index (χ1) is 9.67. The third-order valence-corrected chi connectivity index (χ3v) is 3.47. The van der Waals surface area contributed by atoms with Crippen LogP contribution in [0.5, 0.6) is 5.75 Å². The Morgan fingerprint density at radius 2 is 2.25 bits per heavy atom. The van der Waals surface area contributed by atoms with Gasteiger partial charge in [-0.3, -0.25) is 4.98 Å². The topological polar surface area (TPSA) is 57.9 Å². The normalized spacial score (nSPS) is 13.7. The van der Waals surface area contributed by atoms with Crippen LogP contribution in [0.25, 0.3) is 10.9 Å². The van der Waals surface area contributed by atoms with E-state index in [9.17, 15) is 0 Å². The van der Waals surface area contributed by atoms with E-state index in [1.54, 1.807) is 13.2 Å². The maximum Gasteiger partial charge on any atom is 0.121 e. The van der Waals surface area contributed by atoms with Gasteiger partial charge in [0, 0.05) is 17.6 Å². The van der Waals surface area contributed by atoms with Gasteiger partial charge in [0.25, 0.3) is 0 Å². The molecule has 0 spiro atoms. The molecule has 0 amide bonds. The van der Waals surface area contributed by atoms with Crippen LogP contribution in [0.15, 0.2) is 36.5 Å². The lowest BCUT2D eigenvalue weighted by molar-refractivity contribution is 0.289. The van der Waals surface area contributed by atoms with Gasteiger partial charge in [-0.05, 0) is 45.0 Å². The van der Waals surface area contributed by atoms with Crippen molar-refractivity contribution < 1.29 is 4.74 Å². The maximum absolute atomic E-state index is 9.06. The zero-order valence-corrected chi connectivity index (χ0v) is 11.9. The number of pyridine rings is 1. The number of nitrogens with one attached hydrogen (secondary N) is 1. The third kappa shape index (κ3) is 3.46. The van der Waals surface area contributed by atoms with Gasteiger partial charge in [-0.1, -0.05) is 6.07 Å². The molecule has 1 unspecified atom stereocenters. The standard InChI is InChI=1S/C16H19N3O/c1-16(12-17,18-2)8-4-10-20-14-7-6-13-5-3-9-19-15(13)11-14/h3,5-7,9,11,18H,4,8,10H2,1-2H3. The minimum absolute atomic E-state index is 0.478. The fourth-order valence-corrected chi connectivity index (χ4v) is 1.99. The SMILES string of the molecule is CNC(C)(C#N)CCCOc1ccc2cccnc2c1. The lowest BCUT2D eigenvalue weighted by atomic mass is 9.98. The zero-order chi connectivity index (χ0) is 14.4. The van der Waals surface area contributed by atoms with E-state index in [4.69, 9.17) is 10.00 Å². The quantitative estimate of drug-likeness (QED) is 0.819. The van der Waals surface area contributed by atoms with Crippen molar-refractivity contribution in [3.63, 3.8) is 0 Å². The Kier molecular flexibility index (Phi) is 4.54. The highest BCUT2D eigenvalue weighted by molar-refractivity contribution is 5.79. The Hall–Kier alpha value is -2.12. The molecule has 1 atom stereocenters. The predicted octanol–water partition coefficient (Wildman–Crippen LogP) is 2.90. The highest BCUT2D eigenvalue weighted by Crippen LogP contribution is 2.19.